The van der Waals surface area contributed by atoms with Crippen LogP contribution in [-0.4, -0.2) is 51.4 Å². The van der Waals surface area contributed by atoms with Crippen molar-refractivity contribution in [3.8, 4) is 11.3 Å². The molecule has 9 heteroatoms. The fourth-order valence-electron chi connectivity index (χ4n) is 5.76. The lowest BCUT2D eigenvalue weighted by Crippen LogP contribution is -2.43. The van der Waals surface area contributed by atoms with Gasteiger partial charge in [0.05, 0.1) is 40.6 Å². The van der Waals surface area contributed by atoms with Crippen LogP contribution in [0.4, 0.5) is 4.39 Å². The van der Waals surface area contributed by atoms with Crippen LogP contribution in [0.1, 0.15) is 30.1 Å². The van der Waals surface area contributed by atoms with E-state index in [-0.39, 0.29) is 17.8 Å². The van der Waals surface area contributed by atoms with Crippen molar-refractivity contribution in [3.05, 3.63) is 64.2 Å². The van der Waals surface area contributed by atoms with Gasteiger partial charge in [-0.3, -0.25) is 4.98 Å². The maximum absolute atomic E-state index is 15.4. The normalized spacial score (nSPS) is 16.9. The van der Waals surface area contributed by atoms with E-state index >= 15 is 4.39 Å². The molecule has 0 radical (unpaired) electrons. The number of nitrogens with zero attached hydrogens (tertiary/aromatic N) is 5. The van der Waals surface area contributed by atoms with Crippen LogP contribution in [0.25, 0.3) is 34.2 Å². The smallest absolute Gasteiger partial charge is 0.198 e. The molecular formula is C27H29FN6O2. The van der Waals surface area contributed by atoms with Gasteiger partial charge in [-0.05, 0) is 43.9 Å². The van der Waals surface area contributed by atoms with E-state index in [1.165, 1.54) is 0 Å². The Labute approximate surface area is 208 Å². The minimum Gasteiger partial charge on any atom is -0.482 e. The first-order chi connectivity index (χ1) is 17.6. The fourth-order valence-corrected chi connectivity index (χ4v) is 5.76. The van der Waals surface area contributed by atoms with Gasteiger partial charge >= 0.3 is 0 Å². The highest BCUT2D eigenvalue weighted by atomic mass is 19.1. The molecule has 0 saturated carbocycles. The highest BCUT2D eigenvalue weighted by molar-refractivity contribution is 5.84. The van der Waals surface area contributed by atoms with Crippen molar-refractivity contribution >= 4 is 23.0 Å². The number of rotatable bonds is 5. The van der Waals surface area contributed by atoms with E-state index in [1.807, 2.05) is 32.3 Å². The third-order valence-corrected chi connectivity index (χ3v) is 7.35. The molecule has 1 N–H and O–H groups in total. The lowest BCUT2D eigenvalue weighted by molar-refractivity contribution is 0.0540. The molecule has 1 atom stereocenters. The van der Waals surface area contributed by atoms with Gasteiger partial charge in [0.15, 0.2) is 5.88 Å². The largest absolute Gasteiger partial charge is 0.482 e. The summed E-state index contributed by atoms with van der Waals surface area (Å²) in [5.74, 6) is 0.674. The van der Waals surface area contributed by atoms with E-state index in [0.717, 1.165) is 51.4 Å². The van der Waals surface area contributed by atoms with Crippen molar-refractivity contribution in [3.63, 3.8) is 0 Å². The molecule has 4 aromatic rings. The molecule has 36 heavy (non-hydrogen) atoms. The SMILES string of the molecule is COC1=c2c(n([C@H](c3ccccc3F)C3CCOCC3)c3cc(-c4c(C)nnn4C)cnc23)=CCN1. The molecule has 3 aromatic heterocycles. The highest BCUT2D eigenvalue weighted by Crippen LogP contribution is 2.36. The zero-order valence-corrected chi connectivity index (χ0v) is 20.7. The van der Waals surface area contributed by atoms with Gasteiger partial charge in [0, 0.05) is 44.1 Å². The van der Waals surface area contributed by atoms with Gasteiger partial charge in [0.1, 0.15) is 11.3 Å². The molecule has 0 spiro atoms. The van der Waals surface area contributed by atoms with Crippen LogP contribution >= 0.6 is 0 Å². The summed E-state index contributed by atoms with van der Waals surface area (Å²) in [4.78, 5) is 4.93. The predicted molar refractivity (Wildman–Crippen MR) is 135 cm³/mol. The number of halogens is 1. The number of methoxy groups -OCH3 is 1. The minimum absolute atomic E-state index is 0.202. The molecule has 8 nitrogen and oxygen atoms in total. The number of fused-ring (bicyclic) bond motifs is 3. The van der Waals surface area contributed by atoms with Gasteiger partial charge in [-0.15, -0.1) is 5.10 Å². The molecular weight excluding hydrogens is 459 g/mol. The topological polar surface area (TPSA) is 79.0 Å². The Bertz CT molecular complexity index is 1550. The third-order valence-electron chi connectivity index (χ3n) is 7.35. The predicted octanol–water partition coefficient (Wildman–Crippen LogP) is 2.39. The van der Waals surface area contributed by atoms with E-state index in [9.17, 15) is 0 Å². The summed E-state index contributed by atoms with van der Waals surface area (Å²) in [7, 11) is 3.54. The van der Waals surface area contributed by atoms with Gasteiger partial charge in [0.25, 0.3) is 0 Å². The quantitative estimate of drug-likeness (QED) is 0.465. The lowest BCUT2D eigenvalue weighted by Gasteiger charge is -2.33. The molecule has 0 bridgehead atoms. The molecule has 2 aliphatic rings. The second kappa shape index (κ2) is 9.05. The van der Waals surface area contributed by atoms with Gasteiger partial charge in [-0.2, -0.15) is 0 Å². The summed E-state index contributed by atoms with van der Waals surface area (Å²) < 4.78 is 30.9. The third kappa shape index (κ3) is 3.57. The van der Waals surface area contributed by atoms with Crippen LogP contribution < -0.4 is 15.9 Å². The number of ether oxygens (including phenoxy) is 2. The number of aromatic nitrogens is 5. The Kier molecular flexibility index (Phi) is 5.72. The Hall–Kier alpha value is -3.72. The number of nitrogens with one attached hydrogen (secondary N) is 1. The van der Waals surface area contributed by atoms with E-state index < -0.39 is 0 Å². The van der Waals surface area contributed by atoms with Crippen molar-refractivity contribution in [1.82, 2.24) is 29.9 Å². The number of aryl methyl sites for hydroxylation is 2. The molecule has 5 heterocycles. The lowest BCUT2D eigenvalue weighted by atomic mass is 9.86. The maximum Gasteiger partial charge on any atom is 0.198 e. The second-order valence-electron chi connectivity index (χ2n) is 9.40. The molecule has 1 aromatic carbocycles. The number of hydrogen-bond acceptors (Lipinski definition) is 6. The van der Waals surface area contributed by atoms with E-state index in [4.69, 9.17) is 14.5 Å². The van der Waals surface area contributed by atoms with Gasteiger partial charge in [0.2, 0.25) is 0 Å². The number of hydrogen-bond donors (Lipinski definition) is 1. The first kappa shape index (κ1) is 22.7. The summed E-state index contributed by atoms with van der Waals surface area (Å²) in [5.41, 5.74) is 5.06. The summed E-state index contributed by atoms with van der Waals surface area (Å²) in [6.07, 6.45) is 5.70. The highest BCUT2D eigenvalue weighted by Gasteiger charge is 2.32. The zero-order chi connectivity index (χ0) is 24.8. The summed E-state index contributed by atoms with van der Waals surface area (Å²) in [6.45, 7) is 3.89. The van der Waals surface area contributed by atoms with Gasteiger partial charge in [-0.1, -0.05) is 23.4 Å². The maximum atomic E-state index is 15.4. The average molecular weight is 489 g/mol. The molecule has 0 unspecified atom stereocenters. The number of pyridine rings is 1. The average Bonchev–Trinajstić information content (AvgIpc) is 3.42. The van der Waals surface area contributed by atoms with Crippen molar-refractivity contribution in [1.29, 1.82) is 0 Å². The van der Waals surface area contributed by atoms with Crippen molar-refractivity contribution in [2.45, 2.75) is 25.8 Å². The van der Waals surface area contributed by atoms with Crippen molar-refractivity contribution in [2.24, 2.45) is 13.0 Å². The first-order valence-corrected chi connectivity index (χ1v) is 12.3. The fraction of sp³-hybridized carbons (Fsp3) is 0.370. The Morgan fingerprint density at radius 1 is 1.22 bits per heavy atom. The van der Waals surface area contributed by atoms with Crippen LogP contribution in [0.3, 0.4) is 0 Å². The van der Waals surface area contributed by atoms with Gasteiger partial charge in [-0.25, -0.2) is 9.07 Å². The Morgan fingerprint density at radius 3 is 2.75 bits per heavy atom. The molecule has 0 aliphatic carbocycles. The monoisotopic (exact) mass is 488 g/mol. The van der Waals surface area contributed by atoms with E-state index in [1.54, 1.807) is 23.9 Å². The second-order valence-corrected chi connectivity index (χ2v) is 9.40. The molecule has 0 amide bonds. The van der Waals surface area contributed by atoms with Crippen molar-refractivity contribution < 1.29 is 13.9 Å². The first-order valence-electron chi connectivity index (χ1n) is 12.3. The van der Waals surface area contributed by atoms with Crippen molar-refractivity contribution in [2.75, 3.05) is 26.9 Å². The van der Waals surface area contributed by atoms with Crippen LogP contribution in [0, 0.1) is 18.7 Å². The Morgan fingerprint density at radius 2 is 2.03 bits per heavy atom. The van der Waals surface area contributed by atoms with Crippen LogP contribution in [0.2, 0.25) is 0 Å². The Balaban J connectivity index is 1.71. The molecule has 186 valence electrons. The van der Waals surface area contributed by atoms with Crippen LogP contribution in [0.5, 0.6) is 0 Å². The van der Waals surface area contributed by atoms with Crippen LogP contribution in [0.15, 0.2) is 36.5 Å². The summed E-state index contributed by atoms with van der Waals surface area (Å²) in [6, 6.07) is 9.01. The molecule has 2 aliphatic heterocycles. The standard InChI is InChI=1S/C27H29FN6O2/c1-16-25(33(2)32-31-16)18-14-22-24(30-15-18)23-21(8-11-29-27(23)35-3)34(22)26(17-9-12-36-13-10-17)19-6-4-5-7-20(19)28/h4-8,14-15,17,26,29H,9-13H2,1-3H3/t26-/m0/s1. The zero-order valence-electron chi connectivity index (χ0n) is 20.7. The van der Waals surface area contributed by atoms with Crippen LogP contribution in [-0.2, 0) is 16.5 Å². The van der Waals surface area contributed by atoms with E-state index in [2.05, 4.69) is 32.3 Å². The number of benzene rings is 1. The summed E-state index contributed by atoms with van der Waals surface area (Å²) >= 11 is 0. The molecule has 1 fully saturated rings. The minimum atomic E-state index is -0.225. The van der Waals surface area contributed by atoms with E-state index in [0.29, 0.717) is 31.2 Å². The molecule has 1 saturated heterocycles. The summed E-state index contributed by atoms with van der Waals surface area (Å²) in [5, 5.41) is 13.6. The van der Waals surface area contributed by atoms with Gasteiger partial charge < -0.3 is 19.4 Å². The molecule has 6 rings (SSSR count).